The zero-order valence-electron chi connectivity index (χ0n) is 10.2. The van der Waals surface area contributed by atoms with E-state index in [0.29, 0.717) is 0 Å². The van der Waals surface area contributed by atoms with E-state index < -0.39 is 33.8 Å². The van der Waals surface area contributed by atoms with Crippen LogP contribution in [0.15, 0.2) is 36.4 Å². The molecule has 0 aromatic heterocycles. The van der Waals surface area contributed by atoms with E-state index in [1.165, 1.54) is 0 Å². The number of carboxylic acids is 1. The Labute approximate surface area is 116 Å². The van der Waals surface area contributed by atoms with Crippen LogP contribution in [-0.4, -0.2) is 16.0 Å². The average molecular weight is 295 g/mol. The van der Waals surface area contributed by atoms with Gasteiger partial charge in [0.15, 0.2) is 11.6 Å². The van der Waals surface area contributed by atoms with Gasteiger partial charge in [-0.05, 0) is 18.2 Å². The van der Waals surface area contributed by atoms with E-state index >= 15 is 0 Å². The average Bonchev–Trinajstić information content (AvgIpc) is 2.43. The van der Waals surface area contributed by atoms with Gasteiger partial charge in [-0.1, -0.05) is 0 Å². The lowest BCUT2D eigenvalue weighted by Crippen LogP contribution is -2.02. The number of hydrogen-bond acceptors (Lipinski definition) is 4. The van der Waals surface area contributed by atoms with E-state index in [2.05, 4.69) is 0 Å². The molecule has 2 aromatic rings. The largest absolute Gasteiger partial charge is 0.478 e. The van der Waals surface area contributed by atoms with Crippen molar-refractivity contribution in [2.45, 2.75) is 0 Å². The molecule has 108 valence electrons. The molecule has 0 atom stereocenters. The van der Waals surface area contributed by atoms with Gasteiger partial charge in [-0.25, -0.2) is 13.6 Å². The summed E-state index contributed by atoms with van der Waals surface area (Å²) in [6.07, 6.45) is 0. The summed E-state index contributed by atoms with van der Waals surface area (Å²) in [5.74, 6) is -4.04. The number of ether oxygens (including phenoxy) is 1. The van der Waals surface area contributed by atoms with Gasteiger partial charge < -0.3 is 9.84 Å². The number of halogens is 2. The fourth-order valence-corrected chi connectivity index (χ4v) is 1.55. The molecular weight excluding hydrogens is 288 g/mol. The summed E-state index contributed by atoms with van der Waals surface area (Å²) < 4.78 is 31.0. The molecule has 0 spiro atoms. The second kappa shape index (κ2) is 5.53. The molecule has 0 saturated carbocycles. The Morgan fingerprint density at radius 1 is 1.14 bits per heavy atom. The normalized spacial score (nSPS) is 10.2. The Morgan fingerprint density at radius 3 is 2.43 bits per heavy atom. The minimum Gasteiger partial charge on any atom is -0.478 e. The summed E-state index contributed by atoms with van der Waals surface area (Å²) in [6, 6.07) is 5.59. The van der Waals surface area contributed by atoms with Gasteiger partial charge in [-0.2, -0.15) is 0 Å². The van der Waals surface area contributed by atoms with Crippen molar-refractivity contribution >= 4 is 11.7 Å². The molecule has 0 aliphatic rings. The Bertz CT molecular complexity index is 732. The van der Waals surface area contributed by atoms with Crippen LogP contribution >= 0.6 is 0 Å². The van der Waals surface area contributed by atoms with E-state index in [4.69, 9.17) is 9.84 Å². The first kappa shape index (κ1) is 14.4. The van der Waals surface area contributed by atoms with Gasteiger partial charge in [-0.15, -0.1) is 0 Å². The molecule has 1 N–H and O–H groups in total. The molecule has 0 unspecified atom stereocenters. The number of carboxylic acid groups (broad SMARTS) is 1. The van der Waals surface area contributed by atoms with Gasteiger partial charge in [0, 0.05) is 18.2 Å². The van der Waals surface area contributed by atoms with Gasteiger partial charge in [0.1, 0.15) is 17.1 Å². The van der Waals surface area contributed by atoms with Gasteiger partial charge in [0.2, 0.25) is 0 Å². The van der Waals surface area contributed by atoms with Crippen molar-refractivity contribution in [3.63, 3.8) is 0 Å². The van der Waals surface area contributed by atoms with Crippen LogP contribution in [0.3, 0.4) is 0 Å². The fourth-order valence-electron chi connectivity index (χ4n) is 1.55. The van der Waals surface area contributed by atoms with Crippen molar-refractivity contribution in [3.8, 4) is 11.5 Å². The topological polar surface area (TPSA) is 89.7 Å². The van der Waals surface area contributed by atoms with Crippen molar-refractivity contribution in [2.24, 2.45) is 0 Å². The number of hydrogen-bond donors (Lipinski definition) is 1. The van der Waals surface area contributed by atoms with E-state index in [-0.39, 0.29) is 11.5 Å². The maximum atomic E-state index is 13.1. The van der Waals surface area contributed by atoms with Crippen LogP contribution in [0.4, 0.5) is 14.5 Å². The first-order valence-corrected chi connectivity index (χ1v) is 5.53. The highest BCUT2D eigenvalue weighted by molar-refractivity contribution is 5.91. The van der Waals surface area contributed by atoms with Crippen LogP contribution in [0.1, 0.15) is 10.4 Å². The van der Waals surface area contributed by atoms with Crippen LogP contribution in [-0.2, 0) is 0 Å². The third kappa shape index (κ3) is 3.11. The third-order valence-electron chi connectivity index (χ3n) is 2.52. The summed E-state index contributed by atoms with van der Waals surface area (Å²) in [5.41, 5.74) is -0.890. The molecule has 0 amide bonds. The summed E-state index contributed by atoms with van der Waals surface area (Å²) >= 11 is 0. The number of nitro groups is 1. The molecule has 0 heterocycles. The lowest BCUT2D eigenvalue weighted by molar-refractivity contribution is -0.384. The number of nitrogens with zero attached hydrogens (tertiary/aromatic N) is 1. The lowest BCUT2D eigenvalue weighted by atomic mass is 10.2. The number of aromatic carboxylic acids is 1. The van der Waals surface area contributed by atoms with Crippen LogP contribution in [0, 0.1) is 21.7 Å². The highest BCUT2D eigenvalue weighted by Gasteiger charge is 2.18. The molecule has 21 heavy (non-hydrogen) atoms. The molecule has 0 fully saturated rings. The molecule has 0 radical (unpaired) electrons. The molecule has 0 aliphatic carbocycles. The summed E-state index contributed by atoms with van der Waals surface area (Å²) in [7, 11) is 0. The number of benzene rings is 2. The van der Waals surface area contributed by atoms with Crippen molar-refractivity contribution in [1.82, 2.24) is 0 Å². The highest BCUT2D eigenvalue weighted by Crippen LogP contribution is 2.29. The second-order valence-corrected chi connectivity index (χ2v) is 3.92. The standard InChI is InChI=1S/C13H7F2NO5/c14-10-3-2-8(6-11(10)15)21-12-4-1-7(16(19)20)5-9(12)13(17)18/h1-6H,(H,17,18). The van der Waals surface area contributed by atoms with Crippen LogP contribution in [0.2, 0.25) is 0 Å². The number of rotatable bonds is 4. The van der Waals surface area contributed by atoms with Crippen molar-refractivity contribution in [3.05, 3.63) is 63.7 Å². The molecule has 2 rings (SSSR count). The maximum Gasteiger partial charge on any atom is 0.339 e. The molecule has 0 aliphatic heterocycles. The Morgan fingerprint density at radius 2 is 1.86 bits per heavy atom. The van der Waals surface area contributed by atoms with Gasteiger partial charge in [0.25, 0.3) is 5.69 Å². The number of nitro benzene ring substituents is 1. The Balaban J connectivity index is 2.41. The zero-order valence-corrected chi connectivity index (χ0v) is 10.2. The van der Waals surface area contributed by atoms with Crippen molar-refractivity contribution in [2.75, 3.05) is 0 Å². The predicted octanol–water partition coefficient (Wildman–Crippen LogP) is 3.36. The maximum absolute atomic E-state index is 13.1. The Kier molecular flexibility index (Phi) is 3.79. The quantitative estimate of drug-likeness (QED) is 0.690. The van der Waals surface area contributed by atoms with Gasteiger partial charge in [0.05, 0.1) is 4.92 Å². The number of carbonyl (C=O) groups is 1. The smallest absolute Gasteiger partial charge is 0.339 e. The fraction of sp³-hybridized carbons (Fsp3) is 0. The van der Waals surface area contributed by atoms with E-state index in [0.717, 1.165) is 36.4 Å². The van der Waals surface area contributed by atoms with Gasteiger partial charge >= 0.3 is 5.97 Å². The predicted molar refractivity (Wildman–Crippen MR) is 66.5 cm³/mol. The first-order valence-electron chi connectivity index (χ1n) is 5.53. The molecule has 6 nitrogen and oxygen atoms in total. The summed E-state index contributed by atoms with van der Waals surface area (Å²) in [4.78, 5) is 20.9. The minimum atomic E-state index is -1.45. The molecule has 2 aromatic carbocycles. The molecule has 0 saturated heterocycles. The van der Waals surface area contributed by atoms with Gasteiger partial charge in [-0.3, -0.25) is 10.1 Å². The molecule has 0 bridgehead atoms. The first-order chi connectivity index (χ1) is 9.88. The SMILES string of the molecule is O=C(O)c1cc([N+](=O)[O-])ccc1Oc1ccc(F)c(F)c1. The monoisotopic (exact) mass is 295 g/mol. The van der Waals surface area contributed by atoms with Crippen LogP contribution in [0.25, 0.3) is 0 Å². The molecular formula is C13H7F2NO5. The third-order valence-corrected chi connectivity index (χ3v) is 2.52. The van der Waals surface area contributed by atoms with Crippen LogP contribution in [0.5, 0.6) is 11.5 Å². The summed E-state index contributed by atoms with van der Waals surface area (Å²) in [6.45, 7) is 0. The lowest BCUT2D eigenvalue weighted by Gasteiger charge is -2.08. The summed E-state index contributed by atoms with van der Waals surface area (Å²) in [5, 5.41) is 19.6. The van der Waals surface area contributed by atoms with Crippen molar-refractivity contribution < 1.29 is 28.3 Å². The van der Waals surface area contributed by atoms with E-state index in [1.807, 2.05) is 0 Å². The minimum absolute atomic E-state index is 0.134. The zero-order chi connectivity index (χ0) is 15.6. The van der Waals surface area contributed by atoms with Crippen molar-refractivity contribution in [1.29, 1.82) is 0 Å². The highest BCUT2D eigenvalue weighted by atomic mass is 19.2. The Hall–Kier alpha value is -3.03. The number of non-ortho nitro benzene ring substituents is 1. The molecule has 8 heteroatoms. The van der Waals surface area contributed by atoms with Crippen LogP contribution < -0.4 is 4.74 Å². The van der Waals surface area contributed by atoms with E-state index in [9.17, 15) is 23.7 Å². The second-order valence-electron chi connectivity index (χ2n) is 3.92. The van der Waals surface area contributed by atoms with E-state index in [1.54, 1.807) is 0 Å².